The normalized spacial score (nSPS) is 17.3. The molecule has 0 saturated carbocycles. The second-order valence-electron chi connectivity index (χ2n) is 4.71. The Morgan fingerprint density at radius 1 is 1.31 bits per heavy atom. The highest BCUT2D eigenvalue weighted by atomic mass is 15.1. The van der Waals surface area contributed by atoms with Gasteiger partial charge >= 0.3 is 0 Å². The molecule has 0 aliphatic carbocycles. The molecule has 84 valence electrons. The van der Waals surface area contributed by atoms with Crippen molar-refractivity contribution in [3.8, 4) is 0 Å². The Morgan fingerprint density at radius 3 is 2.94 bits per heavy atom. The molecule has 3 nitrogen and oxygen atoms in total. The molecule has 1 N–H and O–H groups in total. The molecule has 0 atom stereocenters. The first-order valence-electron chi connectivity index (χ1n) is 5.98. The van der Waals surface area contributed by atoms with E-state index < -0.39 is 0 Å². The SMILES string of the molecule is Cc1cc2ncc(CN3CCCC3)cc2[nH]1. The van der Waals surface area contributed by atoms with E-state index in [0.29, 0.717) is 0 Å². The molecule has 16 heavy (non-hydrogen) atoms. The molecule has 0 radical (unpaired) electrons. The molecule has 0 bridgehead atoms. The van der Waals surface area contributed by atoms with E-state index in [9.17, 15) is 0 Å². The molecule has 0 unspecified atom stereocenters. The average molecular weight is 215 g/mol. The predicted molar refractivity (Wildman–Crippen MR) is 65.3 cm³/mol. The molecule has 3 heterocycles. The fourth-order valence-electron chi connectivity index (χ4n) is 2.47. The Kier molecular flexibility index (Phi) is 2.40. The molecule has 2 aromatic rings. The van der Waals surface area contributed by atoms with E-state index in [4.69, 9.17) is 0 Å². The Bertz CT molecular complexity index is 495. The van der Waals surface area contributed by atoms with E-state index in [1.807, 2.05) is 6.20 Å². The highest BCUT2D eigenvalue weighted by Gasteiger charge is 2.12. The monoisotopic (exact) mass is 215 g/mol. The van der Waals surface area contributed by atoms with Crippen LogP contribution >= 0.6 is 0 Å². The summed E-state index contributed by atoms with van der Waals surface area (Å²) in [6, 6.07) is 4.32. The number of hydrogen-bond acceptors (Lipinski definition) is 2. The molecule has 3 heteroatoms. The van der Waals surface area contributed by atoms with Crippen molar-refractivity contribution in [1.29, 1.82) is 0 Å². The van der Waals surface area contributed by atoms with Gasteiger partial charge in [-0.15, -0.1) is 0 Å². The zero-order valence-electron chi connectivity index (χ0n) is 9.66. The number of aryl methyl sites for hydroxylation is 1. The van der Waals surface area contributed by atoms with Crippen molar-refractivity contribution in [1.82, 2.24) is 14.9 Å². The lowest BCUT2D eigenvalue weighted by Crippen LogP contribution is -2.18. The number of H-pyrrole nitrogens is 1. The summed E-state index contributed by atoms with van der Waals surface area (Å²) in [5, 5.41) is 0. The van der Waals surface area contributed by atoms with Crippen molar-refractivity contribution in [3.63, 3.8) is 0 Å². The van der Waals surface area contributed by atoms with Gasteiger partial charge in [0.2, 0.25) is 0 Å². The zero-order chi connectivity index (χ0) is 11.0. The molecule has 3 rings (SSSR count). The number of pyridine rings is 1. The van der Waals surface area contributed by atoms with E-state index in [1.54, 1.807) is 0 Å². The van der Waals surface area contributed by atoms with Gasteiger partial charge in [-0.2, -0.15) is 0 Å². The number of hydrogen-bond donors (Lipinski definition) is 1. The quantitative estimate of drug-likeness (QED) is 0.834. The van der Waals surface area contributed by atoms with E-state index in [-0.39, 0.29) is 0 Å². The van der Waals surface area contributed by atoms with Crippen molar-refractivity contribution in [2.45, 2.75) is 26.3 Å². The zero-order valence-corrected chi connectivity index (χ0v) is 9.66. The number of aromatic nitrogens is 2. The molecule has 0 aromatic carbocycles. The first-order valence-corrected chi connectivity index (χ1v) is 5.98. The molecule has 2 aromatic heterocycles. The Balaban J connectivity index is 1.86. The number of nitrogens with one attached hydrogen (secondary N) is 1. The van der Waals surface area contributed by atoms with Gasteiger partial charge in [0.05, 0.1) is 11.0 Å². The molecule has 0 amide bonds. The van der Waals surface area contributed by atoms with Crippen molar-refractivity contribution in [2.75, 3.05) is 13.1 Å². The maximum atomic E-state index is 4.49. The minimum Gasteiger partial charge on any atom is -0.357 e. The van der Waals surface area contributed by atoms with Gasteiger partial charge < -0.3 is 4.98 Å². The van der Waals surface area contributed by atoms with Gasteiger partial charge in [-0.25, -0.2) is 0 Å². The number of nitrogens with zero attached hydrogens (tertiary/aromatic N) is 2. The lowest BCUT2D eigenvalue weighted by molar-refractivity contribution is 0.331. The molecule has 1 aliphatic rings. The third kappa shape index (κ3) is 1.83. The fourth-order valence-corrected chi connectivity index (χ4v) is 2.47. The number of rotatable bonds is 2. The van der Waals surface area contributed by atoms with Gasteiger partial charge in [0.1, 0.15) is 0 Å². The molecular weight excluding hydrogens is 198 g/mol. The van der Waals surface area contributed by atoms with Crippen LogP contribution in [0.25, 0.3) is 11.0 Å². The van der Waals surface area contributed by atoms with Crippen LogP contribution in [0.1, 0.15) is 24.1 Å². The van der Waals surface area contributed by atoms with Gasteiger partial charge in [0.15, 0.2) is 0 Å². The van der Waals surface area contributed by atoms with E-state index in [0.717, 1.165) is 17.6 Å². The molecular formula is C13H17N3. The third-order valence-electron chi connectivity index (χ3n) is 3.27. The van der Waals surface area contributed by atoms with Crippen LogP contribution in [0.2, 0.25) is 0 Å². The number of aromatic amines is 1. The Morgan fingerprint density at radius 2 is 2.12 bits per heavy atom. The summed E-state index contributed by atoms with van der Waals surface area (Å²) in [5.41, 5.74) is 4.73. The number of likely N-dealkylation sites (tertiary alicyclic amines) is 1. The standard InChI is InChI=1S/C13H17N3/c1-10-6-12-13(15-10)7-11(8-14-12)9-16-4-2-3-5-16/h6-8,15H,2-5,9H2,1H3. The lowest BCUT2D eigenvalue weighted by atomic mass is 10.2. The summed E-state index contributed by atoms with van der Waals surface area (Å²) < 4.78 is 0. The van der Waals surface area contributed by atoms with E-state index >= 15 is 0 Å². The van der Waals surface area contributed by atoms with Crippen molar-refractivity contribution in [2.24, 2.45) is 0 Å². The average Bonchev–Trinajstić information content (AvgIpc) is 2.85. The highest BCUT2D eigenvalue weighted by molar-refractivity contribution is 5.76. The van der Waals surface area contributed by atoms with Gasteiger partial charge in [-0.1, -0.05) is 0 Å². The third-order valence-corrected chi connectivity index (χ3v) is 3.27. The number of fused-ring (bicyclic) bond motifs is 1. The first kappa shape index (κ1) is 9.85. The topological polar surface area (TPSA) is 31.9 Å². The van der Waals surface area contributed by atoms with Crippen LogP contribution in [0.5, 0.6) is 0 Å². The lowest BCUT2D eigenvalue weighted by Gasteiger charge is -2.13. The van der Waals surface area contributed by atoms with Crippen LogP contribution in [0.3, 0.4) is 0 Å². The van der Waals surface area contributed by atoms with Gasteiger partial charge in [-0.05, 0) is 50.6 Å². The van der Waals surface area contributed by atoms with Gasteiger partial charge in [0.25, 0.3) is 0 Å². The fraction of sp³-hybridized carbons (Fsp3) is 0.462. The summed E-state index contributed by atoms with van der Waals surface area (Å²) >= 11 is 0. The van der Waals surface area contributed by atoms with Crippen molar-refractivity contribution >= 4 is 11.0 Å². The van der Waals surface area contributed by atoms with Crippen LogP contribution in [0.4, 0.5) is 0 Å². The predicted octanol–water partition coefficient (Wildman–Crippen LogP) is 2.47. The minimum atomic E-state index is 1.04. The maximum Gasteiger partial charge on any atom is 0.0881 e. The Labute approximate surface area is 95.5 Å². The highest BCUT2D eigenvalue weighted by Crippen LogP contribution is 2.17. The van der Waals surface area contributed by atoms with E-state index in [2.05, 4.69) is 33.9 Å². The second kappa shape index (κ2) is 3.91. The summed E-state index contributed by atoms with van der Waals surface area (Å²) in [5.74, 6) is 0. The summed E-state index contributed by atoms with van der Waals surface area (Å²) in [6.07, 6.45) is 4.70. The molecule has 0 spiro atoms. The van der Waals surface area contributed by atoms with Gasteiger partial charge in [0, 0.05) is 18.4 Å². The van der Waals surface area contributed by atoms with E-state index in [1.165, 1.54) is 37.2 Å². The Hall–Kier alpha value is -1.35. The second-order valence-corrected chi connectivity index (χ2v) is 4.71. The summed E-state index contributed by atoms with van der Waals surface area (Å²) in [4.78, 5) is 10.3. The smallest absolute Gasteiger partial charge is 0.0881 e. The maximum absolute atomic E-state index is 4.49. The summed E-state index contributed by atoms with van der Waals surface area (Å²) in [6.45, 7) is 5.59. The largest absolute Gasteiger partial charge is 0.357 e. The van der Waals surface area contributed by atoms with Crippen LogP contribution in [0.15, 0.2) is 18.3 Å². The minimum absolute atomic E-state index is 1.04. The van der Waals surface area contributed by atoms with Crippen molar-refractivity contribution < 1.29 is 0 Å². The molecule has 1 aliphatic heterocycles. The molecule has 1 fully saturated rings. The van der Waals surface area contributed by atoms with Crippen LogP contribution in [-0.4, -0.2) is 28.0 Å². The van der Waals surface area contributed by atoms with Crippen LogP contribution in [0, 0.1) is 6.92 Å². The van der Waals surface area contributed by atoms with Gasteiger partial charge in [-0.3, -0.25) is 9.88 Å². The van der Waals surface area contributed by atoms with Crippen LogP contribution < -0.4 is 0 Å². The first-order chi connectivity index (χ1) is 7.81. The van der Waals surface area contributed by atoms with Crippen LogP contribution in [-0.2, 0) is 6.54 Å². The van der Waals surface area contributed by atoms with Crippen molar-refractivity contribution in [3.05, 3.63) is 29.6 Å². The molecule has 1 saturated heterocycles. The summed E-state index contributed by atoms with van der Waals surface area (Å²) in [7, 11) is 0.